The minimum atomic E-state index is -1.03. The fourth-order valence-electron chi connectivity index (χ4n) is 3.50. The average molecular weight is 410 g/mol. The second-order valence-electron chi connectivity index (χ2n) is 6.65. The number of carbonyl (C=O) groups is 3. The van der Waals surface area contributed by atoms with Crippen LogP contribution >= 0.6 is 0 Å². The molecular formula is C21H18N2O7. The first-order valence-electron chi connectivity index (χ1n) is 9.07. The molecule has 2 aliphatic rings. The molecule has 2 heterocycles. The molecule has 0 N–H and O–H groups in total. The minimum Gasteiger partial charge on any atom is -0.493 e. The van der Waals surface area contributed by atoms with Crippen molar-refractivity contribution < 1.29 is 33.4 Å². The average Bonchev–Trinajstić information content (AvgIpc) is 3.28. The zero-order valence-corrected chi connectivity index (χ0v) is 16.4. The SMILES string of the molecule is COc1ccc(C2=NO[C@@H]3C(=O)N(c4ccc(OC(C)=O)cc4)C(=O)[C@@H]23)cc1OC. The highest BCUT2D eigenvalue weighted by atomic mass is 16.7. The van der Waals surface area contributed by atoms with E-state index >= 15 is 0 Å². The number of amides is 2. The van der Waals surface area contributed by atoms with E-state index in [9.17, 15) is 14.4 Å². The second kappa shape index (κ2) is 7.51. The number of imide groups is 1. The highest BCUT2D eigenvalue weighted by molar-refractivity contribution is 6.32. The molecule has 4 rings (SSSR count). The van der Waals surface area contributed by atoms with Gasteiger partial charge in [0.15, 0.2) is 11.5 Å². The molecule has 2 aromatic rings. The predicted molar refractivity (Wildman–Crippen MR) is 105 cm³/mol. The number of methoxy groups -OCH3 is 2. The summed E-state index contributed by atoms with van der Waals surface area (Å²) in [6.07, 6.45) is -1.03. The number of oxime groups is 1. The first-order valence-corrected chi connectivity index (χ1v) is 9.07. The Kier molecular flexibility index (Phi) is 4.86. The third kappa shape index (κ3) is 3.14. The molecule has 2 aromatic carbocycles. The van der Waals surface area contributed by atoms with Gasteiger partial charge >= 0.3 is 5.97 Å². The van der Waals surface area contributed by atoms with Gasteiger partial charge in [-0.05, 0) is 42.5 Å². The summed E-state index contributed by atoms with van der Waals surface area (Å²) in [6.45, 7) is 1.29. The summed E-state index contributed by atoms with van der Waals surface area (Å²) < 4.78 is 15.5. The summed E-state index contributed by atoms with van der Waals surface area (Å²) >= 11 is 0. The molecule has 1 fully saturated rings. The monoisotopic (exact) mass is 410 g/mol. The highest BCUT2D eigenvalue weighted by Gasteiger charge is 2.56. The Bertz CT molecular complexity index is 1060. The number of hydrogen-bond donors (Lipinski definition) is 0. The molecule has 0 bridgehead atoms. The quantitative estimate of drug-likeness (QED) is 0.421. The van der Waals surface area contributed by atoms with Crippen molar-refractivity contribution in [2.75, 3.05) is 19.1 Å². The van der Waals surface area contributed by atoms with Crippen molar-refractivity contribution in [3.05, 3.63) is 48.0 Å². The number of rotatable bonds is 5. The number of hydrogen-bond acceptors (Lipinski definition) is 8. The number of nitrogens with zero attached hydrogens (tertiary/aromatic N) is 2. The molecule has 0 aromatic heterocycles. The number of anilines is 1. The van der Waals surface area contributed by atoms with E-state index in [4.69, 9.17) is 19.0 Å². The van der Waals surface area contributed by atoms with Gasteiger partial charge in [-0.3, -0.25) is 14.4 Å². The Labute approximate surface area is 171 Å². The van der Waals surface area contributed by atoms with Crippen molar-refractivity contribution in [1.29, 1.82) is 0 Å². The van der Waals surface area contributed by atoms with Gasteiger partial charge in [0.1, 0.15) is 17.4 Å². The van der Waals surface area contributed by atoms with Crippen LogP contribution in [-0.4, -0.2) is 43.8 Å². The van der Waals surface area contributed by atoms with Crippen molar-refractivity contribution >= 4 is 29.2 Å². The Balaban J connectivity index is 1.62. The maximum Gasteiger partial charge on any atom is 0.308 e. The number of carbonyl (C=O) groups excluding carboxylic acids is 3. The van der Waals surface area contributed by atoms with Crippen LogP contribution in [-0.2, 0) is 19.2 Å². The zero-order chi connectivity index (χ0) is 21.4. The van der Waals surface area contributed by atoms with Crippen LogP contribution in [0.4, 0.5) is 5.69 Å². The normalized spacial score (nSPS) is 19.8. The van der Waals surface area contributed by atoms with Crippen molar-refractivity contribution in [2.45, 2.75) is 13.0 Å². The second-order valence-corrected chi connectivity index (χ2v) is 6.65. The van der Waals surface area contributed by atoms with E-state index in [0.29, 0.717) is 34.2 Å². The maximum absolute atomic E-state index is 13.1. The van der Waals surface area contributed by atoms with Crippen LogP contribution in [0.2, 0.25) is 0 Å². The molecule has 0 spiro atoms. The maximum atomic E-state index is 13.1. The topological polar surface area (TPSA) is 104 Å². The first kappa shape index (κ1) is 19.4. The minimum absolute atomic E-state index is 0.314. The van der Waals surface area contributed by atoms with Crippen molar-refractivity contribution in [3.63, 3.8) is 0 Å². The third-order valence-corrected chi connectivity index (χ3v) is 4.85. The van der Waals surface area contributed by atoms with Crippen LogP contribution in [0, 0.1) is 5.92 Å². The summed E-state index contributed by atoms with van der Waals surface area (Å²) in [5.41, 5.74) is 1.29. The van der Waals surface area contributed by atoms with Crippen molar-refractivity contribution in [2.24, 2.45) is 11.1 Å². The molecule has 0 unspecified atom stereocenters. The van der Waals surface area contributed by atoms with Crippen LogP contribution in [0.25, 0.3) is 0 Å². The van der Waals surface area contributed by atoms with Gasteiger partial charge in [-0.15, -0.1) is 0 Å². The van der Waals surface area contributed by atoms with E-state index < -0.39 is 29.8 Å². The van der Waals surface area contributed by atoms with Gasteiger partial charge in [-0.2, -0.15) is 0 Å². The molecule has 154 valence electrons. The number of ether oxygens (including phenoxy) is 3. The van der Waals surface area contributed by atoms with Crippen LogP contribution in [0.1, 0.15) is 12.5 Å². The Morgan fingerprint density at radius 3 is 2.33 bits per heavy atom. The van der Waals surface area contributed by atoms with E-state index in [2.05, 4.69) is 5.16 Å². The molecule has 1 saturated heterocycles. The van der Waals surface area contributed by atoms with Crippen molar-refractivity contribution in [3.8, 4) is 17.2 Å². The Hall–Kier alpha value is -3.88. The van der Waals surface area contributed by atoms with Crippen LogP contribution < -0.4 is 19.1 Å². The fraction of sp³-hybridized carbons (Fsp3) is 0.238. The molecule has 9 nitrogen and oxygen atoms in total. The number of fused-ring (bicyclic) bond motifs is 1. The summed E-state index contributed by atoms with van der Waals surface area (Å²) in [6, 6.07) is 11.2. The lowest BCUT2D eigenvalue weighted by Gasteiger charge is -2.16. The molecule has 2 amide bonds. The zero-order valence-electron chi connectivity index (χ0n) is 16.4. The summed E-state index contributed by atoms with van der Waals surface area (Å²) in [5, 5.41) is 3.99. The standard InChI is InChI=1S/C21H18N2O7/c1-11(24)29-14-7-5-13(6-8-14)23-20(25)17-18(22-30-19(17)21(23)26)12-4-9-15(27-2)16(10-12)28-3/h4-10,17,19H,1-3H3/t17-,19-/m0/s1. The van der Waals surface area contributed by atoms with E-state index in [1.54, 1.807) is 18.2 Å². The van der Waals surface area contributed by atoms with Crippen LogP contribution in [0.3, 0.4) is 0 Å². The van der Waals surface area contributed by atoms with E-state index in [1.807, 2.05) is 0 Å². The smallest absolute Gasteiger partial charge is 0.308 e. The molecular weight excluding hydrogens is 392 g/mol. The third-order valence-electron chi connectivity index (χ3n) is 4.85. The van der Waals surface area contributed by atoms with Gasteiger partial charge in [-0.25, -0.2) is 4.90 Å². The lowest BCUT2D eigenvalue weighted by molar-refractivity contribution is -0.132. The molecule has 9 heteroatoms. The lowest BCUT2D eigenvalue weighted by atomic mass is 9.94. The summed E-state index contributed by atoms with van der Waals surface area (Å²) in [5.74, 6) is -0.981. The van der Waals surface area contributed by atoms with Crippen LogP contribution in [0.15, 0.2) is 47.6 Å². The lowest BCUT2D eigenvalue weighted by Crippen LogP contribution is -2.33. The largest absolute Gasteiger partial charge is 0.493 e. The molecule has 2 aliphatic heterocycles. The van der Waals surface area contributed by atoms with Gasteiger partial charge in [-0.1, -0.05) is 5.16 Å². The van der Waals surface area contributed by atoms with Gasteiger partial charge in [0.05, 0.1) is 19.9 Å². The highest BCUT2D eigenvalue weighted by Crippen LogP contribution is 2.37. The molecule has 0 saturated carbocycles. The predicted octanol–water partition coefficient (Wildman–Crippen LogP) is 1.92. The van der Waals surface area contributed by atoms with E-state index in [-0.39, 0.29) is 0 Å². The van der Waals surface area contributed by atoms with Crippen LogP contribution in [0.5, 0.6) is 17.2 Å². The molecule has 0 radical (unpaired) electrons. The van der Waals surface area contributed by atoms with Gasteiger partial charge in [0.2, 0.25) is 12.0 Å². The van der Waals surface area contributed by atoms with E-state index in [1.165, 1.54) is 45.4 Å². The molecule has 30 heavy (non-hydrogen) atoms. The first-order chi connectivity index (χ1) is 14.4. The number of esters is 1. The van der Waals surface area contributed by atoms with E-state index in [0.717, 1.165) is 4.90 Å². The Morgan fingerprint density at radius 1 is 1.00 bits per heavy atom. The fourth-order valence-corrected chi connectivity index (χ4v) is 3.50. The summed E-state index contributed by atoms with van der Waals surface area (Å²) in [7, 11) is 3.02. The van der Waals surface area contributed by atoms with Gasteiger partial charge in [0.25, 0.3) is 5.91 Å². The number of benzene rings is 2. The van der Waals surface area contributed by atoms with Crippen molar-refractivity contribution in [1.82, 2.24) is 0 Å². The van der Waals surface area contributed by atoms with Gasteiger partial charge < -0.3 is 19.0 Å². The molecule has 2 atom stereocenters. The van der Waals surface area contributed by atoms with Gasteiger partial charge in [0, 0.05) is 12.5 Å². The Morgan fingerprint density at radius 2 is 1.70 bits per heavy atom. The molecule has 0 aliphatic carbocycles. The summed E-state index contributed by atoms with van der Waals surface area (Å²) in [4.78, 5) is 43.4.